The van der Waals surface area contributed by atoms with Crippen molar-refractivity contribution in [2.75, 3.05) is 7.05 Å². The van der Waals surface area contributed by atoms with Crippen molar-refractivity contribution in [3.8, 4) is 0 Å². The average Bonchev–Trinajstić information content (AvgIpc) is 2.61. The van der Waals surface area contributed by atoms with Gasteiger partial charge in [0, 0.05) is 19.1 Å². The van der Waals surface area contributed by atoms with E-state index >= 15 is 0 Å². The summed E-state index contributed by atoms with van der Waals surface area (Å²) in [5, 5.41) is 0. The number of nitrogens with zero attached hydrogens (tertiary/aromatic N) is 1. The number of carbonyl (C=O) groups excluding carboxylic acids is 1. The number of hydrogen-bond donors (Lipinski definition) is 1. The van der Waals surface area contributed by atoms with Crippen LogP contribution in [0.4, 0.5) is 0 Å². The van der Waals surface area contributed by atoms with Gasteiger partial charge in [0.2, 0.25) is 5.91 Å². The Hall–Kier alpha value is -0.570. The molecule has 1 saturated carbocycles. The van der Waals surface area contributed by atoms with Gasteiger partial charge >= 0.3 is 0 Å². The first kappa shape index (κ1) is 13.5. The minimum Gasteiger partial charge on any atom is -0.343 e. The lowest BCUT2D eigenvalue weighted by molar-refractivity contribution is -0.136. The molecule has 0 bridgehead atoms. The van der Waals surface area contributed by atoms with E-state index in [0.29, 0.717) is 12.0 Å². The van der Waals surface area contributed by atoms with E-state index in [2.05, 4.69) is 20.8 Å². The van der Waals surface area contributed by atoms with Crippen LogP contribution < -0.4 is 5.73 Å². The molecule has 3 heteroatoms. The molecule has 1 fully saturated rings. The minimum atomic E-state index is 0.0691. The summed E-state index contributed by atoms with van der Waals surface area (Å²) in [4.78, 5) is 14.1. The van der Waals surface area contributed by atoms with E-state index in [1.54, 1.807) is 0 Å². The molecule has 1 amide bonds. The zero-order valence-electron chi connectivity index (χ0n) is 11.1. The first-order valence-electron chi connectivity index (χ1n) is 6.45. The standard InChI is InChI=1S/C13H26N2O/c1-9(2)8-10(3)15(4)13(16)11-6-5-7-12(11)14/h9-12H,5-8,14H2,1-4H3. The Morgan fingerprint density at radius 2 is 2.00 bits per heavy atom. The molecule has 0 spiro atoms. The number of hydrogen-bond acceptors (Lipinski definition) is 2. The van der Waals surface area contributed by atoms with E-state index in [9.17, 15) is 4.79 Å². The fraction of sp³-hybridized carbons (Fsp3) is 0.923. The molecule has 0 aromatic heterocycles. The second-order valence-corrected chi connectivity index (χ2v) is 5.63. The Balaban J connectivity index is 2.52. The lowest BCUT2D eigenvalue weighted by Gasteiger charge is -2.30. The smallest absolute Gasteiger partial charge is 0.227 e. The number of amides is 1. The summed E-state index contributed by atoms with van der Waals surface area (Å²) in [5.74, 6) is 0.945. The van der Waals surface area contributed by atoms with Crippen molar-refractivity contribution >= 4 is 5.91 Å². The predicted molar refractivity (Wildman–Crippen MR) is 67.0 cm³/mol. The first-order valence-corrected chi connectivity index (χ1v) is 6.45. The third-order valence-electron chi connectivity index (χ3n) is 3.71. The molecule has 0 saturated heterocycles. The fourth-order valence-corrected chi connectivity index (χ4v) is 2.61. The van der Waals surface area contributed by atoms with Crippen LogP contribution in [0.15, 0.2) is 0 Å². The van der Waals surface area contributed by atoms with Gasteiger partial charge in [0.05, 0.1) is 5.92 Å². The Kier molecular flexibility index (Phi) is 4.78. The molecular formula is C13H26N2O. The van der Waals surface area contributed by atoms with Crippen molar-refractivity contribution in [3.63, 3.8) is 0 Å². The van der Waals surface area contributed by atoms with E-state index in [0.717, 1.165) is 25.7 Å². The van der Waals surface area contributed by atoms with Gasteiger partial charge in [0.15, 0.2) is 0 Å². The third-order valence-corrected chi connectivity index (χ3v) is 3.71. The first-order chi connectivity index (χ1) is 7.43. The lowest BCUT2D eigenvalue weighted by atomic mass is 9.99. The van der Waals surface area contributed by atoms with Gasteiger partial charge in [-0.05, 0) is 32.1 Å². The number of rotatable bonds is 4. The third kappa shape index (κ3) is 3.21. The second-order valence-electron chi connectivity index (χ2n) is 5.63. The van der Waals surface area contributed by atoms with Crippen molar-refractivity contribution in [3.05, 3.63) is 0 Å². The van der Waals surface area contributed by atoms with Gasteiger partial charge in [-0.25, -0.2) is 0 Å². The van der Waals surface area contributed by atoms with Gasteiger partial charge in [-0.3, -0.25) is 4.79 Å². The highest BCUT2D eigenvalue weighted by Gasteiger charge is 2.33. The van der Waals surface area contributed by atoms with Gasteiger partial charge < -0.3 is 10.6 Å². The molecule has 0 heterocycles. The molecule has 16 heavy (non-hydrogen) atoms. The molecule has 1 aliphatic rings. The van der Waals surface area contributed by atoms with E-state index in [1.165, 1.54) is 0 Å². The molecule has 1 aliphatic carbocycles. The lowest BCUT2D eigenvalue weighted by Crippen LogP contribution is -2.44. The molecule has 3 atom stereocenters. The maximum Gasteiger partial charge on any atom is 0.227 e. The van der Waals surface area contributed by atoms with Crippen LogP contribution >= 0.6 is 0 Å². The summed E-state index contributed by atoms with van der Waals surface area (Å²) in [7, 11) is 1.92. The number of nitrogens with two attached hydrogens (primary N) is 1. The van der Waals surface area contributed by atoms with Crippen LogP contribution in [-0.2, 0) is 4.79 Å². The summed E-state index contributed by atoms with van der Waals surface area (Å²) in [6.07, 6.45) is 4.13. The van der Waals surface area contributed by atoms with Gasteiger partial charge in [0.25, 0.3) is 0 Å². The largest absolute Gasteiger partial charge is 0.343 e. The summed E-state index contributed by atoms with van der Waals surface area (Å²) in [6, 6.07) is 0.404. The van der Waals surface area contributed by atoms with Crippen molar-refractivity contribution in [2.24, 2.45) is 17.6 Å². The highest BCUT2D eigenvalue weighted by atomic mass is 16.2. The molecule has 0 radical (unpaired) electrons. The van der Waals surface area contributed by atoms with Crippen molar-refractivity contribution in [1.82, 2.24) is 4.90 Å². The normalized spacial score (nSPS) is 27.1. The monoisotopic (exact) mass is 226 g/mol. The zero-order chi connectivity index (χ0) is 12.3. The van der Waals surface area contributed by atoms with E-state index in [4.69, 9.17) is 5.73 Å². The minimum absolute atomic E-state index is 0.0691. The molecular weight excluding hydrogens is 200 g/mol. The Labute approximate surface area is 99.4 Å². The van der Waals surface area contributed by atoms with Crippen LogP contribution in [-0.4, -0.2) is 29.9 Å². The van der Waals surface area contributed by atoms with Crippen LogP contribution in [0.5, 0.6) is 0 Å². The molecule has 3 unspecified atom stereocenters. The molecule has 1 rings (SSSR count). The van der Waals surface area contributed by atoms with Crippen LogP contribution in [0.3, 0.4) is 0 Å². The van der Waals surface area contributed by atoms with Crippen molar-refractivity contribution < 1.29 is 4.79 Å². The van der Waals surface area contributed by atoms with Crippen LogP contribution in [0.2, 0.25) is 0 Å². The van der Waals surface area contributed by atoms with Crippen molar-refractivity contribution in [1.29, 1.82) is 0 Å². The van der Waals surface area contributed by atoms with Gasteiger partial charge in [-0.1, -0.05) is 20.3 Å². The molecule has 0 aliphatic heterocycles. The quantitative estimate of drug-likeness (QED) is 0.797. The van der Waals surface area contributed by atoms with Crippen LogP contribution in [0.1, 0.15) is 46.5 Å². The predicted octanol–water partition coefficient (Wildman–Crippen LogP) is 2.01. The Bertz CT molecular complexity index is 240. The average molecular weight is 226 g/mol. The second kappa shape index (κ2) is 5.67. The summed E-state index contributed by atoms with van der Waals surface area (Å²) >= 11 is 0. The molecule has 2 N–H and O–H groups in total. The Morgan fingerprint density at radius 1 is 1.38 bits per heavy atom. The van der Waals surface area contributed by atoms with Crippen LogP contribution in [0.25, 0.3) is 0 Å². The molecule has 0 aromatic carbocycles. The molecule has 0 aromatic rings. The van der Waals surface area contributed by atoms with Crippen molar-refractivity contribution in [2.45, 2.75) is 58.5 Å². The van der Waals surface area contributed by atoms with Gasteiger partial charge in [-0.15, -0.1) is 0 Å². The topological polar surface area (TPSA) is 46.3 Å². The highest BCUT2D eigenvalue weighted by molar-refractivity contribution is 5.79. The Morgan fingerprint density at radius 3 is 2.44 bits per heavy atom. The fourth-order valence-electron chi connectivity index (χ4n) is 2.61. The SMILES string of the molecule is CC(C)CC(C)N(C)C(=O)C1CCCC1N. The van der Waals surface area contributed by atoms with E-state index in [-0.39, 0.29) is 17.9 Å². The highest BCUT2D eigenvalue weighted by Crippen LogP contribution is 2.26. The van der Waals surface area contributed by atoms with Gasteiger partial charge in [-0.2, -0.15) is 0 Å². The van der Waals surface area contributed by atoms with Gasteiger partial charge in [0.1, 0.15) is 0 Å². The van der Waals surface area contributed by atoms with E-state index in [1.807, 2.05) is 11.9 Å². The molecule has 3 nitrogen and oxygen atoms in total. The number of carbonyl (C=O) groups is 1. The van der Waals surface area contributed by atoms with Crippen LogP contribution in [0, 0.1) is 11.8 Å². The van der Waals surface area contributed by atoms with E-state index < -0.39 is 0 Å². The summed E-state index contributed by atoms with van der Waals surface area (Å²) in [6.45, 7) is 6.50. The zero-order valence-corrected chi connectivity index (χ0v) is 11.1. The summed E-state index contributed by atoms with van der Waals surface area (Å²) < 4.78 is 0. The molecule has 94 valence electrons. The summed E-state index contributed by atoms with van der Waals surface area (Å²) in [5.41, 5.74) is 5.97. The maximum atomic E-state index is 12.2. The maximum absolute atomic E-state index is 12.2.